The SMILES string of the molecule is CCCc1nc(-c2ccccc2)nc(C(=O)N2CCN(C(=O)c3ccc(C(C)(C)C)cc3)C(C)C2)c1C(=O)OCC. The molecule has 2 aromatic carbocycles. The highest BCUT2D eigenvalue weighted by molar-refractivity contribution is 6.05. The molecule has 1 aliphatic heterocycles. The van der Waals surface area contributed by atoms with Crippen molar-refractivity contribution in [1.29, 1.82) is 0 Å². The number of aryl methyl sites for hydroxylation is 1. The van der Waals surface area contributed by atoms with Crippen LogP contribution in [-0.4, -0.2) is 69.8 Å². The molecule has 1 aromatic heterocycles. The van der Waals surface area contributed by atoms with Gasteiger partial charge in [0.1, 0.15) is 11.3 Å². The average molecular weight is 557 g/mol. The van der Waals surface area contributed by atoms with Gasteiger partial charge in [0.25, 0.3) is 11.8 Å². The van der Waals surface area contributed by atoms with E-state index in [1.54, 1.807) is 16.7 Å². The molecule has 2 heterocycles. The van der Waals surface area contributed by atoms with Crippen LogP contribution in [0, 0.1) is 0 Å². The van der Waals surface area contributed by atoms with E-state index in [1.165, 1.54) is 0 Å². The first-order chi connectivity index (χ1) is 19.5. The largest absolute Gasteiger partial charge is 0.462 e. The van der Waals surface area contributed by atoms with Crippen molar-refractivity contribution in [2.45, 2.75) is 65.8 Å². The summed E-state index contributed by atoms with van der Waals surface area (Å²) in [5.41, 5.74) is 3.23. The van der Waals surface area contributed by atoms with Gasteiger partial charge in [-0.1, -0.05) is 76.6 Å². The third-order valence-electron chi connectivity index (χ3n) is 7.36. The summed E-state index contributed by atoms with van der Waals surface area (Å²) in [4.78, 5) is 53.3. The zero-order valence-corrected chi connectivity index (χ0v) is 24.9. The standard InChI is InChI=1S/C33H40N4O4/c1-7-12-26-27(32(40)41-8-2)28(35-29(34-26)23-13-10-9-11-14-23)31(39)36-19-20-37(22(3)21-36)30(38)24-15-17-25(18-16-24)33(4,5)6/h9-11,13-18,22H,7-8,12,19-21H2,1-6H3. The van der Waals surface area contributed by atoms with Crippen molar-refractivity contribution < 1.29 is 19.1 Å². The van der Waals surface area contributed by atoms with Gasteiger partial charge >= 0.3 is 5.97 Å². The number of nitrogens with zero attached hydrogens (tertiary/aromatic N) is 4. The molecule has 1 saturated heterocycles. The minimum absolute atomic E-state index is 0.00161. The maximum absolute atomic E-state index is 14.0. The lowest BCUT2D eigenvalue weighted by Crippen LogP contribution is -2.55. The molecule has 1 fully saturated rings. The molecule has 0 aliphatic carbocycles. The Morgan fingerprint density at radius 3 is 2.20 bits per heavy atom. The number of hydrogen-bond donors (Lipinski definition) is 0. The lowest BCUT2D eigenvalue weighted by atomic mass is 9.86. The van der Waals surface area contributed by atoms with Crippen LogP contribution in [0.3, 0.4) is 0 Å². The molecule has 41 heavy (non-hydrogen) atoms. The first-order valence-corrected chi connectivity index (χ1v) is 14.4. The molecule has 0 bridgehead atoms. The average Bonchev–Trinajstić information content (AvgIpc) is 2.96. The Morgan fingerprint density at radius 2 is 1.61 bits per heavy atom. The van der Waals surface area contributed by atoms with Gasteiger partial charge in [-0.3, -0.25) is 9.59 Å². The van der Waals surface area contributed by atoms with Crippen LogP contribution in [0.15, 0.2) is 54.6 Å². The first kappa shape index (κ1) is 29.9. The van der Waals surface area contributed by atoms with E-state index in [4.69, 9.17) is 9.72 Å². The number of esters is 1. The van der Waals surface area contributed by atoms with Crippen LogP contribution in [0.2, 0.25) is 0 Å². The van der Waals surface area contributed by atoms with Gasteiger partial charge in [0.15, 0.2) is 5.82 Å². The molecule has 8 nitrogen and oxygen atoms in total. The number of ether oxygens (including phenoxy) is 1. The molecule has 1 aliphatic rings. The number of carbonyl (C=O) groups is 3. The summed E-state index contributed by atoms with van der Waals surface area (Å²) in [5, 5.41) is 0. The molecule has 0 spiro atoms. The predicted molar refractivity (Wildman–Crippen MR) is 159 cm³/mol. The molecule has 216 valence electrons. The number of amides is 2. The lowest BCUT2D eigenvalue weighted by molar-refractivity contribution is 0.0406. The number of hydrogen-bond acceptors (Lipinski definition) is 6. The Kier molecular flexibility index (Phi) is 9.21. The van der Waals surface area contributed by atoms with Crippen LogP contribution in [0.5, 0.6) is 0 Å². The fourth-order valence-corrected chi connectivity index (χ4v) is 5.09. The number of piperazine rings is 1. The fraction of sp³-hybridized carbons (Fsp3) is 0.424. The van der Waals surface area contributed by atoms with Gasteiger partial charge in [0.2, 0.25) is 0 Å². The van der Waals surface area contributed by atoms with E-state index in [2.05, 4.69) is 25.8 Å². The maximum atomic E-state index is 14.0. The summed E-state index contributed by atoms with van der Waals surface area (Å²) in [7, 11) is 0. The zero-order valence-electron chi connectivity index (χ0n) is 24.9. The number of carbonyl (C=O) groups excluding carboxylic acids is 3. The molecule has 0 N–H and O–H groups in total. The van der Waals surface area contributed by atoms with Crippen LogP contribution < -0.4 is 0 Å². The number of rotatable bonds is 7. The third-order valence-corrected chi connectivity index (χ3v) is 7.36. The van der Waals surface area contributed by atoms with Crippen molar-refractivity contribution in [1.82, 2.24) is 19.8 Å². The van der Waals surface area contributed by atoms with Gasteiger partial charge in [-0.2, -0.15) is 0 Å². The van der Waals surface area contributed by atoms with E-state index >= 15 is 0 Å². The molecule has 4 rings (SSSR count). The summed E-state index contributed by atoms with van der Waals surface area (Å²) < 4.78 is 5.34. The van der Waals surface area contributed by atoms with Crippen LogP contribution in [0.1, 0.15) is 90.4 Å². The highest BCUT2D eigenvalue weighted by Gasteiger charge is 2.34. The number of aromatic nitrogens is 2. The van der Waals surface area contributed by atoms with Gasteiger partial charge in [0, 0.05) is 36.8 Å². The first-order valence-electron chi connectivity index (χ1n) is 14.4. The van der Waals surface area contributed by atoms with Crippen molar-refractivity contribution in [3.63, 3.8) is 0 Å². The highest BCUT2D eigenvalue weighted by Crippen LogP contribution is 2.26. The van der Waals surface area contributed by atoms with E-state index in [-0.39, 0.29) is 41.1 Å². The van der Waals surface area contributed by atoms with Crippen molar-refractivity contribution in [3.05, 3.63) is 82.7 Å². The molecule has 8 heteroatoms. The van der Waals surface area contributed by atoms with Crippen molar-refractivity contribution in [2.24, 2.45) is 0 Å². The molecule has 3 aromatic rings. The van der Waals surface area contributed by atoms with E-state index in [1.807, 2.05) is 68.4 Å². The summed E-state index contributed by atoms with van der Waals surface area (Å²) in [6.07, 6.45) is 1.24. The van der Waals surface area contributed by atoms with Gasteiger partial charge in [-0.05, 0) is 43.4 Å². The van der Waals surface area contributed by atoms with Crippen LogP contribution >= 0.6 is 0 Å². The van der Waals surface area contributed by atoms with Gasteiger partial charge < -0.3 is 14.5 Å². The molecule has 2 amide bonds. The highest BCUT2D eigenvalue weighted by atomic mass is 16.5. The zero-order chi connectivity index (χ0) is 29.7. The minimum Gasteiger partial charge on any atom is -0.462 e. The Labute approximate surface area is 242 Å². The van der Waals surface area contributed by atoms with Crippen LogP contribution in [-0.2, 0) is 16.6 Å². The normalized spacial score (nSPS) is 15.5. The Bertz CT molecular complexity index is 1400. The minimum atomic E-state index is -0.598. The van der Waals surface area contributed by atoms with Gasteiger partial charge in [-0.25, -0.2) is 14.8 Å². The van der Waals surface area contributed by atoms with Crippen LogP contribution in [0.4, 0.5) is 0 Å². The molecular weight excluding hydrogens is 516 g/mol. The Hall–Kier alpha value is -4.07. The van der Waals surface area contributed by atoms with Gasteiger partial charge in [-0.15, -0.1) is 0 Å². The molecular formula is C33H40N4O4. The molecule has 0 radical (unpaired) electrons. The van der Waals surface area contributed by atoms with Crippen LogP contribution in [0.25, 0.3) is 11.4 Å². The quantitative estimate of drug-likeness (QED) is 0.354. The topological polar surface area (TPSA) is 92.7 Å². The maximum Gasteiger partial charge on any atom is 0.342 e. The summed E-state index contributed by atoms with van der Waals surface area (Å²) >= 11 is 0. The number of benzene rings is 2. The van der Waals surface area contributed by atoms with E-state index in [0.717, 1.165) is 17.5 Å². The summed E-state index contributed by atoms with van der Waals surface area (Å²) in [5.74, 6) is -0.625. The fourth-order valence-electron chi connectivity index (χ4n) is 5.09. The van der Waals surface area contributed by atoms with E-state index in [0.29, 0.717) is 43.1 Å². The second-order valence-electron chi connectivity index (χ2n) is 11.5. The van der Waals surface area contributed by atoms with Crippen molar-refractivity contribution in [3.8, 4) is 11.4 Å². The smallest absolute Gasteiger partial charge is 0.342 e. The predicted octanol–water partition coefficient (Wildman–Crippen LogP) is 5.56. The Morgan fingerprint density at radius 1 is 0.927 bits per heavy atom. The molecule has 1 unspecified atom stereocenters. The molecule has 0 saturated carbocycles. The Balaban J connectivity index is 1.62. The second kappa shape index (κ2) is 12.6. The van der Waals surface area contributed by atoms with E-state index < -0.39 is 5.97 Å². The van der Waals surface area contributed by atoms with E-state index in [9.17, 15) is 14.4 Å². The summed E-state index contributed by atoms with van der Waals surface area (Å²) in [6, 6.07) is 17.0. The third kappa shape index (κ3) is 6.64. The lowest BCUT2D eigenvalue weighted by Gasteiger charge is -2.40. The van der Waals surface area contributed by atoms with Gasteiger partial charge in [0.05, 0.1) is 12.3 Å². The monoisotopic (exact) mass is 556 g/mol. The van der Waals surface area contributed by atoms with Crippen molar-refractivity contribution in [2.75, 3.05) is 26.2 Å². The van der Waals surface area contributed by atoms with Crippen molar-refractivity contribution >= 4 is 17.8 Å². The summed E-state index contributed by atoms with van der Waals surface area (Å²) in [6.45, 7) is 13.3. The molecule has 1 atom stereocenters. The second-order valence-corrected chi connectivity index (χ2v) is 11.5.